The minimum atomic E-state index is -2.76. The van der Waals surface area contributed by atoms with Crippen LogP contribution in [0.1, 0.15) is 38.5 Å². The van der Waals surface area contributed by atoms with Crippen molar-refractivity contribution >= 4 is 9.84 Å². The van der Waals surface area contributed by atoms with E-state index in [1.54, 1.807) is 0 Å². The number of aliphatic hydroxyl groups is 1. The van der Waals surface area contributed by atoms with Gasteiger partial charge in [-0.1, -0.05) is 12.8 Å². The molecule has 1 aliphatic carbocycles. The fourth-order valence-electron chi connectivity index (χ4n) is 3.01. The molecule has 1 aliphatic heterocycles. The minimum Gasteiger partial charge on any atom is -0.396 e. The molecule has 2 aliphatic rings. The molecular weight excluding hydrogens is 238 g/mol. The van der Waals surface area contributed by atoms with Crippen LogP contribution >= 0.6 is 0 Å². The number of hydrogen-bond acceptors (Lipinski definition) is 4. The highest BCUT2D eigenvalue weighted by Gasteiger charge is 2.29. The Hall–Kier alpha value is -0.130. The molecule has 1 saturated heterocycles. The standard InChI is InChI=1S/C12H23NO3S/c14-9-10-3-1-2-4-12(10)13-11-5-7-17(15,16)8-6-11/h10-14H,1-9H2. The van der Waals surface area contributed by atoms with Crippen LogP contribution in [0.4, 0.5) is 0 Å². The molecule has 2 atom stereocenters. The van der Waals surface area contributed by atoms with Crippen molar-refractivity contribution < 1.29 is 13.5 Å². The van der Waals surface area contributed by atoms with Crippen molar-refractivity contribution in [3.05, 3.63) is 0 Å². The van der Waals surface area contributed by atoms with E-state index in [1.165, 1.54) is 12.8 Å². The van der Waals surface area contributed by atoms with Gasteiger partial charge in [0.2, 0.25) is 0 Å². The van der Waals surface area contributed by atoms with E-state index >= 15 is 0 Å². The van der Waals surface area contributed by atoms with Gasteiger partial charge in [0.05, 0.1) is 11.5 Å². The lowest BCUT2D eigenvalue weighted by Gasteiger charge is -2.35. The first-order valence-electron chi connectivity index (χ1n) is 6.68. The van der Waals surface area contributed by atoms with E-state index in [-0.39, 0.29) is 6.61 Å². The Bertz CT molecular complexity index is 328. The van der Waals surface area contributed by atoms with Crippen LogP contribution in [-0.4, -0.2) is 43.7 Å². The summed E-state index contributed by atoms with van der Waals surface area (Å²) < 4.78 is 22.7. The first-order chi connectivity index (χ1) is 8.11. The lowest BCUT2D eigenvalue weighted by molar-refractivity contribution is 0.144. The van der Waals surface area contributed by atoms with Crippen LogP contribution in [0.5, 0.6) is 0 Å². The quantitative estimate of drug-likeness (QED) is 0.785. The lowest BCUT2D eigenvalue weighted by atomic mass is 9.84. The molecule has 1 heterocycles. The van der Waals surface area contributed by atoms with Crippen molar-refractivity contribution in [3.8, 4) is 0 Å². The summed E-state index contributed by atoms with van der Waals surface area (Å²) in [5, 5.41) is 12.9. The molecule has 17 heavy (non-hydrogen) atoms. The maximum Gasteiger partial charge on any atom is 0.150 e. The van der Waals surface area contributed by atoms with Gasteiger partial charge in [0.25, 0.3) is 0 Å². The molecule has 0 aromatic heterocycles. The van der Waals surface area contributed by atoms with Gasteiger partial charge < -0.3 is 10.4 Å². The molecule has 2 N–H and O–H groups in total. The van der Waals surface area contributed by atoms with Crippen molar-refractivity contribution in [1.82, 2.24) is 5.32 Å². The maximum atomic E-state index is 11.3. The first kappa shape index (κ1) is 13.3. The second-order valence-corrected chi connectivity index (χ2v) is 7.73. The van der Waals surface area contributed by atoms with Crippen molar-refractivity contribution in [1.29, 1.82) is 0 Å². The van der Waals surface area contributed by atoms with Gasteiger partial charge in [-0.3, -0.25) is 0 Å². The lowest BCUT2D eigenvalue weighted by Crippen LogP contribution is -2.48. The largest absolute Gasteiger partial charge is 0.396 e. The molecule has 2 fully saturated rings. The average Bonchev–Trinajstić information content (AvgIpc) is 2.32. The van der Waals surface area contributed by atoms with Crippen molar-refractivity contribution in [2.45, 2.75) is 50.6 Å². The van der Waals surface area contributed by atoms with Crippen LogP contribution in [0.2, 0.25) is 0 Å². The molecule has 100 valence electrons. The van der Waals surface area contributed by atoms with E-state index in [2.05, 4.69) is 5.32 Å². The predicted octanol–water partition coefficient (Wildman–Crippen LogP) is 0.704. The molecule has 0 amide bonds. The Morgan fingerprint density at radius 2 is 1.71 bits per heavy atom. The second kappa shape index (κ2) is 5.67. The highest BCUT2D eigenvalue weighted by Crippen LogP contribution is 2.25. The molecule has 0 spiro atoms. The Labute approximate surface area is 104 Å². The topological polar surface area (TPSA) is 66.4 Å². The van der Waals surface area contributed by atoms with Crippen LogP contribution in [0.15, 0.2) is 0 Å². The molecular formula is C12H23NO3S. The van der Waals surface area contributed by atoms with Gasteiger partial charge in [0, 0.05) is 18.7 Å². The zero-order valence-corrected chi connectivity index (χ0v) is 11.1. The van der Waals surface area contributed by atoms with Gasteiger partial charge >= 0.3 is 0 Å². The average molecular weight is 261 g/mol. The molecule has 2 unspecified atom stereocenters. The van der Waals surface area contributed by atoms with Crippen LogP contribution in [-0.2, 0) is 9.84 Å². The van der Waals surface area contributed by atoms with Crippen molar-refractivity contribution in [3.63, 3.8) is 0 Å². The fraction of sp³-hybridized carbons (Fsp3) is 1.00. The van der Waals surface area contributed by atoms with Crippen LogP contribution in [0, 0.1) is 5.92 Å². The SMILES string of the molecule is O=S1(=O)CCC(NC2CCCCC2CO)CC1. The van der Waals surface area contributed by atoms with Gasteiger partial charge in [-0.05, 0) is 31.6 Å². The number of rotatable bonds is 3. The summed E-state index contributed by atoms with van der Waals surface area (Å²) in [6, 6.07) is 0.718. The molecule has 0 radical (unpaired) electrons. The summed E-state index contributed by atoms with van der Waals surface area (Å²) in [5.41, 5.74) is 0. The summed E-state index contributed by atoms with van der Waals surface area (Å²) in [4.78, 5) is 0. The molecule has 0 aromatic carbocycles. The molecule has 5 heteroatoms. The summed E-state index contributed by atoms with van der Waals surface area (Å²) in [6.45, 7) is 0.253. The maximum absolute atomic E-state index is 11.3. The minimum absolute atomic E-state index is 0.253. The molecule has 4 nitrogen and oxygen atoms in total. The molecule has 2 rings (SSSR count). The predicted molar refractivity (Wildman–Crippen MR) is 67.6 cm³/mol. The Kier molecular flexibility index (Phi) is 4.44. The monoisotopic (exact) mass is 261 g/mol. The van der Waals surface area contributed by atoms with Gasteiger partial charge in [-0.15, -0.1) is 0 Å². The van der Waals surface area contributed by atoms with E-state index in [0.29, 0.717) is 29.5 Å². The van der Waals surface area contributed by atoms with Gasteiger partial charge in [-0.2, -0.15) is 0 Å². The number of hydrogen-bond donors (Lipinski definition) is 2. The molecule has 0 aromatic rings. The zero-order chi connectivity index (χ0) is 12.3. The smallest absolute Gasteiger partial charge is 0.150 e. The number of aliphatic hydroxyl groups excluding tert-OH is 1. The highest BCUT2D eigenvalue weighted by atomic mass is 32.2. The fourth-order valence-corrected chi connectivity index (χ4v) is 4.50. The molecule has 0 bridgehead atoms. The third-order valence-electron chi connectivity index (χ3n) is 4.15. The van der Waals surface area contributed by atoms with Crippen molar-refractivity contribution in [2.75, 3.05) is 18.1 Å². The van der Waals surface area contributed by atoms with E-state index in [9.17, 15) is 13.5 Å². The first-order valence-corrected chi connectivity index (χ1v) is 8.50. The highest BCUT2D eigenvalue weighted by molar-refractivity contribution is 7.91. The van der Waals surface area contributed by atoms with E-state index in [4.69, 9.17) is 0 Å². The van der Waals surface area contributed by atoms with Gasteiger partial charge in [0.15, 0.2) is 0 Å². The normalized spacial score (nSPS) is 34.6. The van der Waals surface area contributed by atoms with Crippen LogP contribution in [0.25, 0.3) is 0 Å². The Morgan fingerprint density at radius 3 is 2.35 bits per heavy atom. The molecule has 1 saturated carbocycles. The van der Waals surface area contributed by atoms with E-state index in [1.807, 2.05) is 0 Å². The zero-order valence-electron chi connectivity index (χ0n) is 10.3. The van der Waals surface area contributed by atoms with Crippen LogP contribution in [0.3, 0.4) is 0 Å². The Morgan fingerprint density at radius 1 is 1.06 bits per heavy atom. The third-order valence-corrected chi connectivity index (χ3v) is 5.86. The third kappa shape index (κ3) is 3.66. The van der Waals surface area contributed by atoms with E-state index in [0.717, 1.165) is 25.7 Å². The summed E-state index contributed by atoms with van der Waals surface area (Å²) in [5.74, 6) is 1.00. The van der Waals surface area contributed by atoms with E-state index < -0.39 is 9.84 Å². The number of sulfone groups is 1. The van der Waals surface area contributed by atoms with Gasteiger partial charge in [-0.25, -0.2) is 8.42 Å². The Balaban J connectivity index is 1.84. The summed E-state index contributed by atoms with van der Waals surface area (Å²) >= 11 is 0. The summed E-state index contributed by atoms with van der Waals surface area (Å²) in [6.07, 6.45) is 6.11. The van der Waals surface area contributed by atoms with Crippen LogP contribution < -0.4 is 5.32 Å². The summed E-state index contributed by atoms with van der Waals surface area (Å²) in [7, 11) is -2.76. The van der Waals surface area contributed by atoms with Gasteiger partial charge in [0.1, 0.15) is 9.84 Å². The number of nitrogens with one attached hydrogen (secondary N) is 1. The second-order valence-electron chi connectivity index (χ2n) is 5.43. The van der Waals surface area contributed by atoms with Crippen molar-refractivity contribution in [2.24, 2.45) is 5.92 Å².